The van der Waals surface area contributed by atoms with Gasteiger partial charge in [-0.25, -0.2) is 8.42 Å². The van der Waals surface area contributed by atoms with Crippen molar-refractivity contribution < 1.29 is 18.3 Å². The van der Waals surface area contributed by atoms with E-state index in [1.54, 1.807) is 24.3 Å². The van der Waals surface area contributed by atoms with Crippen LogP contribution in [0.3, 0.4) is 0 Å². The maximum Gasteiger partial charge on any atom is 0.152 e. The number of rotatable bonds is 4. The Hall–Kier alpha value is -1.58. The van der Waals surface area contributed by atoms with Crippen molar-refractivity contribution in [2.45, 2.75) is 19.4 Å². The Bertz CT molecular complexity index is 635. The Labute approximate surface area is 118 Å². The van der Waals surface area contributed by atoms with Crippen LogP contribution in [0.5, 0.6) is 5.75 Å². The average molecular weight is 295 g/mol. The van der Waals surface area contributed by atoms with Gasteiger partial charge in [0.15, 0.2) is 9.84 Å². The second kappa shape index (κ2) is 5.43. The number of para-hydroxylation sites is 1. The molecular formula is C14H17NO4S. The molecule has 1 aromatic carbocycles. The standard InChI is InChI=1S/C14H17NO4S/c1-2-19-12-6-4-3-5-11(12)13(16)14(9-15)7-8-20(17,18)10-14/h3-6,13,16H,2,7-8,10H2,1H3. The molecule has 0 radical (unpaired) electrons. The molecule has 108 valence electrons. The molecule has 1 aliphatic rings. The molecule has 0 spiro atoms. The summed E-state index contributed by atoms with van der Waals surface area (Å²) in [6, 6.07) is 8.89. The molecule has 1 heterocycles. The van der Waals surface area contributed by atoms with Crippen LogP contribution in [0.2, 0.25) is 0 Å². The zero-order valence-corrected chi connectivity index (χ0v) is 12.1. The number of nitrogens with zero attached hydrogens (tertiary/aromatic N) is 1. The zero-order chi connectivity index (χ0) is 14.8. The van der Waals surface area contributed by atoms with Crippen molar-refractivity contribution in [2.75, 3.05) is 18.1 Å². The number of nitriles is 1. The van der Waals surface area contributed by atoms with Crippen molar-refractivity contribution in [3.8, 4) is 11.8 Å². The third-order valence-electron chi connectivity index (χ3n) is 3.60. The van der Waals surface area contributed by atoms with E-state index in [-0.39, 0.29) is 17.9 Å². The predicted molar refractivity (Wildman–Crippen MR) is 73.9 cm³/mol. The van der Waals surface area contributed by atoms with Crippen LogP contribution < -0.4 is 4.74 Å². The van der Waals surface area contributed by atoms with Gasteiger partial charge in [-0.1, -0.05) is 18.2 Å². The summed E-state index contributed by atoms with van der Waals surface area (Å²) in [6.07, 6.45) is -1.03. The molecule has 0 aliphatic carbocycles. The van der Waals surface area contributed by atoms with Crippen LogP contribution in [0, 0.1) is 16.7 Å². The number of aliphatic hydroxyl groups excluding tert-OH is 1. The van der Waals surface area contributed by atoms with Crippen LogP contribution in [-0.4, -0.2) is 31.6 Å². The second-order valence-corrected chi connectivity index (χ2v) is 7.17. The Morgan fingerprint density at radius 2 is 2.20 bits per heavy atom. The molecular weight excluding hydrogens is 278 g/mol. The SMILES string of the molecule is CCOc1ccccc1C(O)C1(C#N)CCS(=O)(=O)C1. The first-order chi connectivity index (χ1) is 9.44. The van der Waals surface area contributed by atoms with Gasteiger partial charge in [0, 0.05) is 5.56 Å². The van der Waals surface area contributed by atoms with Gasteiger partial charge in [-0.3, -0.25) is 0 Å². The summed E-state index contributed by atoms with van der Waals surface area (Å²) in [7, 11) is -3.27. The summed E-state index contributed by atoms with van der Waals surface area (Å²) >= 11 is 0. The highest BCUT2D eigenvalue weighted by molar-refractivity contribution is 7.91. The number of ether oxygens (including phenoxy) is 1. The van der Waals surface area contributed by atoms with E-state index in [4.69, 9.17) is 4.74 Å². The van der Waals surface area contributed by atoms with E-state index < -0.39 is 21.4 Å². The van der Waals surface area contributed by atoms with Gasteiger partial charge < -0.3 is 9.84 Å². The molecule has 0 aromatic heterocycles. The fraction of sp³-hybridized carbons (Fsp3) is 0.500. The van der Waals surface area contributed by atoms with Crippen molar-refractivity contribution in [3.05, 3.63) is 29.8 Å². The third-order valence-corrected chi connectivity index (χ3v) is 5.38. The number of aliphatic hydroxyl groups is 1. The van der Waals surface area contributed by atoms with Gasteiger partial charge in [0.1, 0.15) is 17.3 Å². The smallest absolute Gasteiger partial charge is 0.152 e. The van der Waals surface area contributed by atoms with Crippen LogP contribution in [0.1, 0.15) is 25.0 Å². The Kier molecular flexibility index (Phi) is 4.02. The maximum atomic E-state index is 11.7. The molecule has 5 nitrogen and oxygen atoms in total. The highest BCUT2D eigenvalue weighted by Gasteiger charge is 2.49. The van der Waals surface area contributed by atoms with E-state index in [2.05, 4.69) is 0 Å². The number of benzene rings is 1. The summed E-state index contributed by atoms with van der Waals surface area (Å²) in [6.45, 7) is 2.25. The zero-order valence-electron chi connectivity index (χ0n) is 11.2. The molecule has 2 unspecified atom stereocenters. The molecule has 1 saturated heterocycles. The second-order valence-electron chi connectivity index (χ2n) is 4.98. The van der Waals surface area contributed by atoms with E-state index in [1.807, 2.05) is 13.0 Å². The molecule has 1 aromatic rings. The highest BCUT2D eigenvalue weighted by atomic mass is 32.2. The van der Waals surface area contributed by atoms with E-state index in [9.17, 15) is 18.8 Å². The molecule has 2 rings (SSSR count). The van der Waals surface area contributed by atoms with Crippen LogP contribution in [-0.2, 0) is 9.84 Å². The van der Waals surface area contributed by atoms with Gasteiger partial charge in [-0.15, -0.1) is 0 Å². The predicted octanol–water partition coefficient (Wildman–Crippen LogP) is 1.45. The average Bonchev–Trinajstić information content (AvgIpc) is 2.76. The number of sulfone groups is 1. The van der Waals surface area contributed by atoms with Crippen molar-refractivity contribution in [3.63, 3.8) is 0 Å². The lowest BCUT2D eigenvalue weighted by atomic mass is 9.79. The van der Waals surface area contributed by atoms with Crippen molar-refractivity contribution >= 4 is 9.84 Å². The van der Waals surface area contributed by atoms with E-state index in [1.165, 1.54) is 0 Å². The molecule has 0 saturated carbocycles. The normalized spacial score (nSPS) is 25.9. The van der Waals surface area contributed by atoms with E-state index in [0.717, 1.165) is 0 Å². The minimum Gasteiger partial charge on any atom is -0.493 e. The molecule has 20 heavy (non-hydrogen) atoms. The van der Waals surface area contributed by atoms with Crippen molar-refractivity contribution in [1.82, 2.24) is 0 Å². The van der Waals surface area contributed by atoms with Gasteiger partial charge in [-0.2, -0.15) is 5.26 Å². The maximum absolute atomic E-state index is 11.7. The Morgan fingerprint density at radius 3 is 2.75 bits per heavy atom. The summed E-state index contributed by atoms with van der Waals surface area (Å²) < 4.78 is 28.8. The number of hydrogen-bond donors (Lipinski definition) is 1. The van der Waals surface area contributed by atoms with Crippen LogP contribution in [0.15, 0.2) is 24.3 Å². The molecule has 2 atom stereocenters. The lowest BCUT2D eigenvalue weighted by Gasteiger charge is -2.27. The molecule has 0 bridgehead atoms. The summed E-state index contributed by atoms with van der Waals surface area (Å²) in [5.74, 6) is 0.119. The van der Waals surface area contributed by atoms with Gasteiger partial charge in [-0.05, 0) is 19.4 Å². The third kappa shape index (κ3) is 2.65. The lowest BCUT2D eigenvalue weighted by Crippen LogP contribution is -2.29. The molecule has 6 heteroatoms. The Balaban J connectivity index is 2.40. The summed E-state index contributed by atoms with van der Waals surface area (Å²) in [4.78, 5) is 0. The lowest BCUT2D eigenvalue weighted by molar-refractivity contribution is 0.0762. The first-order valence-electron chi connectivity index (χ1n) is 6.45. The van der Waals surface area contributed by atoms with Crippen molar-refractivity contribution in [1.29, 1.82) is 5.26 Å². The topological polar surface area (TPSA) is 87.4 Å². The minimum absolute atomic E-state index is 0.0611. The molecule has 1 aliphatic heterocycles. The van der Waals surface area contributed by atoms with Crippen LogP contribution in [0.25, 0.3) is 0 Å². The molecule has 1 N–H and O–H groups in total. The summed E-state index contributed by atoms with van der Waals surface area (Å²) in [5.41, 5.74) is -0.820. The van der Waals surface area contributed by atoms with Crippen LogP contribution in [0.4, 0.5) is 0 Å². The Morgan fingerprint density at radius 1 is 1.50 bits per heavy atom. The van der Waals surface area contributed by atoms with Gasteiger partial charge in [0.05, 0.1) is 24.2 Å². The summed E-state index contributed by atoms with van der Waals surface area (Å²) in [5, 5.41) is 19.9. The van der Waals surface area contributed by atoms with Crippen LogP contribution >= 0.6 is 0 Å². The monoisotopic (exact) mass is 295 g/mol. The molecule has 1 fully saturated rings. The van der Waals surface area contributed by atoms with Gasteiger partial charge in [0.2, 0.25) is 0 Å². The highest BCUT2D eigenvalue weighted by Crippen LogP contribution is 2.45. The van der Waals surface area contributed by atoms with E-state index in [0.29, 0.717) is 17.9 Å². The fourth-order valence-electron chi connectivity index (χ4n) is 2.53. The van der Waals surface area contributed by atoms with Gasteiger partial charge >= 0.3 is 0 Å². The van der Waals surface area contributed by atoms with Gasteiger partial charge in [0.25, 0.3) is 0 Å². The molecule has 0 amide bonds. The first-order valence-corrected chi connectivity index (χ1v) is 8.28. The largest absolute Gasteiger partial charge is 0.493 e. The fourth-order valence-corrected chi connectivity index (χ4v) is 4.50. The van der Waals surface area contributed by atoms with Crippen molar-refractivity contribution in [2.24, 2.45) is 5.41 Å². The number of hydrogen-bond acceptors (Lipinski definition) is 5. The minimum atomic E-state index is -3.27. The van der Waals surface area contributed by atoms with E-state index >= 15 is 0 Å². The quantitative estimate of drug-likeness (QED) is 0.908. The first kappa shape index (κ1) is 14.8.